The number of allylic oxidation sites excluding steroid dienone is 3. The standard InChI is InChI=1S/C15H21NO/c1-10-6-11-4-3-5-13-14(17-2)9-16-8-12(7-10)15(11)13/h9-11H,3-8H2,1-2H3. The third kappa shape index (κ3) is 1.84. The molecule has 0 spiro atoms. The van der Waals surface area contributed by atoms with Gasteiger partial charge in [0, 0.05) is 0 Å². The van der Waals surface area contributed by atoms with E-state index in [-0.39, 0.29) is 0 Å². The van der Waals surface area contributed by atoms with E-state index in [2.05, 4.69) is 11.9 Å². The molecule has 2 nitrogen and oxygen atoms in total. The Bertz CT molecular complexity index is 417. The number of methoxy groups -OCH3 is 1. The van der Waals surface area contributed by atoms with E-state index in [0.29, 0.717) is 0 Å². The van der Waals surface area contributed by atoms with Crippen molar-refractivity contribution in [3.8, 4) is 0 Å². The lowest BCUT2D eigenvalue weighted by Gasteiger charge is -2.36. The molecule has 0 aromatic heterocycles. The molecule has 0 aromatic carbocycles. The van der Waals surface area contributed by atoms with Crippen molar-refractivity contribution in [1.29, 1.82) is 0 Å². The quantitative estimate of drug-likeness (QED) is 0.677. The van der Waals surface area contributed by atoms with Gasteiger partial charge in [0.1, 0.15) is 5.76 Å². The van der Waals surface area contributed by atoms with Crippen molar-refractivity contribution in [3.05, 3.63) is 22.5 Å². The monoisotopic (exact) mass is 231 g/mol. The number of aliphatic imine (C=N–C) groups is 1. The molecular weight excluding hydrogens is 210 g/mol. The molecule has 0 aromatic rings. The van der Waals surface area contributed by atoms with E-state index >= 15 is 0 Å². The molecular formula is C15H21NO. The van der Waals surface area contributed by atoms with Crippen LogP contribution in [0.2, 0.25) is 0 Å². The van der Waals surface area contributed by atoms with Crippen molar-refractivity contribution < 1.29 is 4.74 Å². The Hall–Kier alpha value is -1.05. The summed E-state index contributed by atoms with van der Waals surface area (Å²) in [4.78, 5) is 4.54. The highest BCUT2D eigenvalue weighted by atomic mass is 16.5. The number of hydrogen-bond acceptors (Lipinski definition) is 2. The molecule has 1 aliphatic heterocycles. The fourth-order valence-corrected chi connectivity index (χ4v) is 3.79. The third-order valence-electron chi connectivity index (χ3n) is 4.38. The van der Waals surface area contributed by atoms with Gasteiger partial charge in [0.05, 0.1) is 19.9 Å². The van der Waals surface area contributed by atoms with Crippen LogP contribution in [-0.4, -0.2) is 19.9 Å². The van der Waals surface area contributed by atoms with Gasteiger partial charge in [-0.25, -0.2) is 0 Å². The van der Waals surface area contributed by atoms with Gasteiger partial charge in [0.15, 0.2) is 0 Å². The molecule has 2 atom stereocenters. The zero-order chi connectivity index (χ0) is 11.8. The third-order valence-corrected chi connectivity index (χ3v) is 4.38. The minimum atomic E-state index is 0.782. The summed E-state index contributed by atoms with van der Waals surface area (Å²) >= 11 is 0. The van der Waals surface area contributed by atoms with Crippen LogP contribution in [-0.2, 0) is 4.74 Å². The highest BCUT2D eigenvalue weighted by Crippen LogP contribution is 2.46. The lowest BCUT2D eigenvalue weighted by molar-refractivity contribution is 0.302. The highest BCUT2D eigenvalue weighted by Gasteiger charge is 2.33. The zero-order valence-electron chi connectivity index (χ0n) is 10.8. The van der Waals surface area contributed by atoms with E-state index in [0.717, 1.165) is 24.1 Å². The Balaban J connectivity index is 2.10. The van der Waals surface area contributed by atoms with Crippen LogP contribution >= 0.6 is 0 Å². The van der Waals surface area contributed by atoms with Gasteiger partial charge in [0.2, 0.25) is 0 Å². The molecule has 0 saturated heterocycles. The van der Waals surface area contributed by atoms with Crippen molar-refractivity contribution in [2.45, 2.75) is 39.0 Å². The van der Waals surface area contributed by atoms with Gasteiger partial charge in [-0.1, -0.05) is 6.92 Å². The summed E-state index contributed by atoms with van der Waals surface area (Å²) in [7, 11) is 1.77. The van der Waals surface area contributed by atoms with Crippen LogP contribution in [0.25, 0.3) is 0 Å². The Kier molecular flexibility index (Phi) is 2.81. The van der Waals surface area contributed by atoms with Crippen molar-refractivity contribution in [2.75, 3.05) is 13.7 Å². The summed E-state index contributed by atoms with van der Waals surface area (Å²) in [5, 5.41) is 0. The predicted molar refractivity (Wildman–Crippen MR) is 70.2 cm³/mol. The average Bonchev–Trinajstić information content (AvgIpc) is 2.50. The number of ether oxygens (including phenoxy) is 1. The van der Waals surface area contributed by atoms with Gasteiger partial charge in [-0.05, 0) is 60.7 Å². The van der Waals surface area contributed by atoms with Gasteiger partial charge in [-0.3, -0.25) is 4.99 Å². The fourth-order valence-electron chi connectivity index (χ4n) is 3.79. The summed E-state index contributed by atoms with van der Waals surface area (Å²) < 4.78 is 5.53. The minimum absolute atomic E-state index is 0.782. The lowest BCUT2D eigenvalue weighted by atomic mass is 9.69. The first kappa shape index (κ1) is 11.1. The Labute approximate surface area is 103 Å². The normalized spacial score (nSPS) is 32.4. The molecule has 1 heterocycles. The molecule has 2 aliphatic carbocycles. The summed E-state index contributed by atoms with van der Waals surface area (Å²) in [6.07, 6.45) is 8.40. The topological polar surface area (TPSA) is 21.6 Å². The van der Waals surface area contributed by atoms with Crippen LogP contribution in [0.1, 0.15) is 39.0 Å². The average molecular weight is 231 g/mol. The van der Waals surface area contributed by atoms with E-state index in [9.17, 15) is 0 Å². The molecule has 2 unspecified atom stereocenters. The molecule has 3 rings (SSSR count). The lowest BCUT2D eigenvalue weighted by Crippen LogP contribution is -2.23. The van der Waals surface area contributed by atoms with Gasteiger partial charge >= 0.3 is 0 Å². The van der Waals surface area contributed by atoms with Crippen LogP contribution in [0.3, 0.4) is 0 Å². The van der Waals surface area contributed by atoms with Gasteiger partial charge in [-0.2, -0.15) is 0 Å². The second-order valence-corrected chi connectivity index (χ2v) is 5.67. The van der Waals surface area contributed by atoms with E-state index in [1.54, 1.807) is 18.3 Å². The molecule has 92 valence electrons. The summed E-state index contributed by atoms with van der Waals surface area (Å²) in [6.45, 7) is 3.28. The SMILES string of the molecule is COC1=C2CCCC3CC(C)CC(=C23)CN=C1. The molecule has 1 saturated carbocycles. The molecule has 0 amide bonds. The van der Waals surface area contributed by atoms with Crippen LogP contribution in [0.15, 0.2) is 27.5 Å². The van der Waals surface area contributed by atoms with Crippen molar-refractivity contribution in [2.24, 2.45) is 16.8 Å². The summed E-state index contributed by atoms with van der Waals surface area (Å²) in [5.74, 6) is 2.64. The maximum atomic E-state index is 5.53. The number of rotatable bonds is 1. The number of nitrogens with zero attached hydrogens (tertiary/aromatic N) is 1. The van der Waals surface area contributed by atoms with Crippen LogP contribution in [0.5, 0.6) is 0 Å². The molecule has 0 radical (unpaired) electrons. The van der Waals surface area contributed by atoms with Crippen molar-refractivity contribution >= 4 is 6.21 Å². The second-order valence-electron chi connectivity index (χ2n) is 5.67. The molecule has 0 bridgehead atoms. The summed E-state index contributed by atoms with van der Waals surface area (Å²) in [5.41, 5.74) is 4.68. The smallest absolute Gasteiger partial charge is 0.140 e. The van der Waals surface area contributed by atoms with Gasteiger partial charge in [0.25, 0.3) is 0 Å². The highest BCUT2D eigenvalue weighted by molar-refractivity contribution is 5.80. The first-order chi connectivity index (χ1) is 8.29. The molecule has 17 heavy (non-hydrogen) atoms. The van der Waals surface area contributed by atoms with Gasteiger partial charge in [-0.15, -0.1) is 0 Å². The first-order valence-corrected chi connectivity index (χ1v) is 6.79. The Morgan fingerprint density at radius 3 is 3.12 bits per heavy atom. The maximum Gasteiger partial charge on any atom is 0.140 e. The van der Waals surface area contributed by atoms with Crippen molar-refractivity contribution in [1.82, 2.24) is 0 Å². The maximum absolute atomic E-state index is 5.53. The first-order valence-electron chi connectivity index (χ1n) is 6.79. The van der Waals surface area contributed by atoms with Gasteiger partial charge < -0.3 is 4.74 Å². The number of hydrogen-bond donors (Lipinski definition) is 0. The summed E-state index contributed by atoms with van der Waals surface area (Å²) in [6, 6.07) is 0. The Morgan fingerprint density at radius 2 is 2.29 bits per heavy atom. The van der Waals surface area contributed by atoms with Crippen molar-refractivity contribution in [3.63, 3.8) is 0 Å². The molecule has 2 heteroatoms. The van der Waals surface area contributed by atoms with E-state index in [4.69, 9.17) is 4.74 Å². The molecule has 1 fully saturated rings. The van der Waals surface area contributed by atoms with E-state index < -0.39 is 0 Å². The minimum Gasteiger partial charge on any atom is -0.495 e. The van der Waals surface area contributed by atoms with E-state index in [1.165, 1.54) is 37.7 Å². The predicted octanol–water partition coefficient (Wildman–Crippen LogP) is 3.50. The fraction of sp³-hybridized carbons (Fsp3) is 0.667. The second kappa shape index (κ2) is 4.32. The van der Waals surface area contributed by atoms with Crippen LogP contribution < -0.4 is 0 Å². The molecule has 0 N–H and O–H groups in total. The largest absolute Gasteiger partial charge is 0.495 e. The Morgan fingerprint density at radius 1 is 1.41 bits per heavy atom. The van der Waals surface area contributed by atoms with Crippen LogP contribution in [0, 0.1) is 11.8 Å². The van der Waals surface area contributed by atoms with E-state index in [1.807, 2.05) is 6.21 Å². The molecule has 3 aliphatic rings. The zero-order valence-corrected chi connectivity index (χ0v) is 10.8. The van der Waals surface area contributed by atoms with Crippen LogP contribution in [0.4, 0.5) is 0 Å².